The van der Waals surface area contributed by atoms with Gasteiger partial charge in [0.05, 0.1) is 0 Å². The van der Waals surface area contributed by atoms with Gasteiger partial charge in [0.2, 0.25) is 15.9 Å². The Morgan fingerprint density at radius 3 is 2.59 bits per heavy atom. The van der Waals surface area contributed by atoms with Crippen LogP contribution in [0.25, 0.3) is 0 Å². The van der Waals surface area contributed by atoms with Crippen molar-refractivity contribution < 1.29 is 27.5 Å². The Hall–Kier alpha value is -2.00. The maximum Gasteiger partial charge on any atom is 0.326 e. The molecule has 1 aliphatic heterocycles. The molecule has 0 saturated carbocycles. The summed E-state index contributed by atoms with van der Waals surface area (Å²) in [5, 5.41) is 13.2. The van der Waals surface area contributed by atoms with E-state index < -0.39 is 39.0 Å². The van der Waals surface area contributed by atoms with E-state index in [-0.39, 0.29) is 24.9 Å². The molecule has 1 heterocycles. The lowest BCUT2D eigenvalue weighted by Gasteiger charge is -2.24. The molecule has 1 unspecified atom stereocenters. The van der Waals surface area contributed by atoms with Crippen LogP contribution in [0.3, 0.4) is 0 Å². The molecule has 9 heteroatoms. The summed E-state index contributed by atoms with van der Waals surface area (Å²) in [6.45, 7) is -0.302. The average molecular weight is 330 g/mol. The number of halogens is 1. The van der Waals surface area contributed by atoms with E-state index in [0.29, 0.717) is 0 Å². The van der Waals surface area contributed by atoms with Crippen molar-refractivity contribution in [2.24, 2.45) is 5.14 Å². The number of carboxylic acid groups (broad SMARTS) is 1. The third kappa shape index (κ3) is 3.42. The van der Waals surface area contributed by atoms with Crippen LogP contribution < -0.4 is 5.14 Å². The van der Waals surface area contributed by atoms with Crippen molar-refractivity contribution in [2.75, 3.05) is 6.54 Å². The van der Waals surface area contributed by atoms with E-state index in [0.717, 1.165) is 4.90 Å². The minimum atomic E-state index is -3.94. The second-order valence-corrected chi connectivity index (χ2v) is 6.96. The van der Waals surface area contributed by atoms with Crippen LogP contribution >= 0.6 is 0 Å². The molecule has 3 N–H and O–H groups in total. The topological polar surface area (TPSA) is 118 Å². The lowest BCUT2D eigenvalue weighted by molar-refractivity contribution is -0.148. The Morgan fingerprint density at radius 2 is 2.09 bits per heavy atom. The predicted molar refractivity (Wildman–Crippen MR) is 74.8 cm³/mol. The second kappa shape index (κ2) is 6.01. The van der Waals surface area contributed by atoms with Gasteiger partial charge >= 0.3 is 5.97 Å². The highest BCUT2D eigenvalue weighted by Crippen LogP contribution is 2.22. The predicted octanol–water partition coefficient (Wildman–Crippen LogP) is -0.289. The SMILES string of the molecule is NS(=O)(=O)C1CC(=O)N([C@H](Cc2ccccc2F)C(=O)O)C1. The number of hydrogen-bond acceptors (Lipinski definition) is 4. The Kier molecular flexibility index (Phi) is 4.47. The molecule has 0 bridgehead atoms. The number of carbonyl (C=O) groups excluding carboxylic acids is 1. The van der Waals surface area contributed by atoms with Crippen LogP contribution in [0.15, 0.2) is 24.3 Å². The maximum absolute atomic E-state index is 13.7. The fraction of sp³-hybridized carbons (Fsp3) is 0.385. The first-order valence-corrected chi connectivity index (χ1v) is 8.08. The summed E-state index contributed by atoms with van der Waals surface area (Å²) < 4.78 is 36.3. The number of rotatable bonds is 5. The number of nitrogens with zero attached hydrogens (tertiary/aromatic N) is 1. The number of amides is 1. The third-order valence-electron chi connectivity index (χ3n) is 3.62. The first kappa shape index (κ1) is 16.4. The molecule has 2 rings (SSSR count). The Bertz CT molecular complexity index is 706. The molecule has 1 fully saturated rings. The first-order valence-electron chi connectivity index (χ1n) is 6.47. The summed E-state index contributed by atoms with van der Waals surface area (Å²) >= 11 is 0. The lowest BCUT2D eigenvalue weighted by atomic mass is 10.0. The fourth-order valence-corrected chi connectivity index (χ4v) is 3.17. The molecule has 0 spiro atoms. The van der Waals surface area contributed by atoms with Gasteiger partial charge in [-0.3, -0.25) is 4.79 Å². The number of aliphatic carboxylic acids is 1. The van der Waals surface area contributed by atoms with E-state index in [1.54, 1.807) is 6.07 Å². The summed E-state index contributed by atoms with van der Waals surface area (Å²) in [7, 11) is -3.94. The van der Waals surface area contributed by atoms with Crippen molar-refractivity contribution in [3.63, 3.8) is 0 Å². The van der Waals surface area contributed by atoms with Crippen molar-refractivity contribution in [3.8, 4) is 0 Å². The highest BCUT2D eigenvalue weighted by atomic mass is 32.2. The third-order valence-corrected chi connectivity index (χ3v) is 4.86. The maximum atomic E-state index is 13.7. The number of likely N-dealkylation sites (tertiary alicyclic amines) is 1. The van der Waals surface area contributed by atoms with Crippen LogP contribution in [0.5, 0.6) is 0 Å². The van der Waals surface area contributed by atoms with E-state index in [1.165, 1.54) is 18.2 Å². The summed E-state index contributed by atoms with van der Waals surface area (Å²) in [4.78, 5) is 24.2. The molecular weight excluding hydrogens is 315 g/mol. The molecule has 1 aromatic rings. The van der Waals surface area contributed by atoms with Crippen molar-refractivity contribution in [1.29, 1.82) is 0 Å². The molecule has 2 atom stereocenters. The zero-order valence-corrected chi connectivity index (χ0v) is 12.3. The summed E-state index contributed by atoms with van der Waals surface area (Å²) in [5.41, 5.74) is 0.141. The fourth-order valence-electron chi connectivity index (χ4n) is 2.42. The van der Waals surface area contributed by atoms with Crippen LogP contribution in [0.1, 0.15) is 12.0 Å². The van der Waals surface area contributed by atoms with Crippen LogP contribution in [0.4, 0.5) is 4.39 Å². The minimum absolute atomic E-state index is 0.141. The quantitative estimate of drug-likeness (QED) is 0.769. The van der Waals surface area contributed by atoms with Crippen molar-refractivity contribution in [1.82, 2.24) is 4.90 Å². The van der Waals surface area contributed by atoms with Crippen LogP contribution in [-0.2, 0) is 26.0 Å². The molecule has 1 aromatic carbocycles. The van der Waals surface area contributed by atoms with Gasteiger partial charge in [-0.25, -0.2) is 22.7 Å². The standard InChI is InChI=1S/C13H15FN2O5S/c14-10-4-2-1-3-8(10)5-11(13(18)19)16-7-9(6-12(16)17)22(15,20)21/h1-4,9,11H,5-7H2,(H,18,19)(H2,15,20,21)/t9?,11-/m1/s1. The number of benzene rings is 1. The monoisotopic (exact) mass is 330 g/mol. The lowest BCUT2D eigenvalue weighted by Crippen LogP contribution is -2.44. The summed E-state index contributed by atoms with van der Waals surface area (Å²) in [6.07, 6.45) is -0.606. The molecule has 1 amide bonds. The van der Waals surface area contributed by atoms with E-state index in [2.05, 4.69) is 0 Å². The number of sulfonamides is 1. The summed E-state index contributed by atoms with van der Waals surface area (Å²) in [6, 6.07) is 4.29. The van der Waals surface area contributed by atoms with Gasteiger partial charge in [-0.1, -0.05) is 18.2 Å². The number of carboxylic acids is 1. The minimum Gasteiger partial charge on any atom is -0.480 e. The molecular formula is C13H15FN2O5S. The largest absolute Gasteiger partial charge is 0.480 e. The van der Waals surface area contributed by atoms with Gasteiger partial charge < -0.3 is 10.0 Å². The van der Waals surface area contributed by atoms with Crippen LogP contribution in [0, 0.1) is 5.82 Å². The van der Waals surface area contributed by atoms with E-state index >= 15 is 0 Å². The highest BCUT2D eigenvalue weighted by Gasteiger charge is 2.42. The molecule has 0 radical (unpaired) electrons. The van der Waals surface area contributed by atoms with E-state index in [9.17, 15) is 27.5 Å². The Balaban J connectivity index is 2.24. The van der Waals surface area contributed by atoms with Crippen molar-refractivity contribution in [3.05, 3.63) is 35.6 Å². The van der Waals surface area contributed by atoms with Gasteiger partial charge in [-0.2, -0.15) is 0 Å². The van der Waals surface area contributed by atoms with Gasteiger partial charge in [0.25, 0.3) is 0 Å². The highest BCUT2D eigenvalue weighted by molar-refractivity contribution is 7.89. The molecule has 22 heavy (non-hydrogen) atoms. The average Bonchev–Trinajstić information content (AvgIpc) is 2.79. The zero-order chi connectivity index (χ0) is 16.5. The molecule has 120 valence electrons. The van der Waals surface area contributed by atoms with Crippen LogP contribution in [-0.4, -0.2) is 48.1 Å². The molecule has 0 aromatic heterocycles. The van der Waals surface area contributed by atoms with Gasteiger partial charge in [-0.05, 0) is 11.6 Å². The van der Waals surface area contributed by atoms with Gasteiger partial charge in [0, 0.05) is 19.4 Å². The number of carbonyl (C=O) groups is 2. The molecule has 1 aliphatic rings. The number of hydrogen-bond donors (Lipinski definition) is 2. The summed E-state index contributed by atoms with van der Waals surface area (Å²) in [5.74, 6) is -2.53. The molecule has 1 saturated heterocycles. The molecule has 0 aliphatic carbocycles. The van der Waals surface area contributed by atoms with Crippen molar-refractivity contribution >= 4 is 21.9 Å². The Labute approximate surface area is 126 Å². The van der Waals surface area contributed by atoms with E-state index in [1.807, 2.05) is 0 Å². The Morgan fingerprint density at radius 1 is 1.45 bits per heavy atom. The smallest absolute Gasteiger partial charge is 0.326 e. The number of nitrogens with two attached hydrogens (primary N) is 1. The van der Waals surface area contributed by atoms with E-state index in [4.69, 9.17) is 5.14 Å². The van der Waals surface area contributed by atoms with Crippen LogP contribution in [0.2, 0.25) is 0 Å². The second-order valence-electron chi connectivity index (χ2n) is 5.11. The normalized spacial score (nSPS) is 20.2. The van der Waals surface area contributed by atoms with Gasteiger partial charge in [0.1, 0.15) is 17.1 Å². The molecule has 7 nitrogen and oxygen atoms in total. The van der Waals surface area contributed by atoms with Gasteiger partial charge in [-0.15, -0.1) is 0 Å². The van der Waals surface area contributed by atoms with Crippen molar-refractivity contribution in [2.45, 2.75) is 24.1 Å². The zero-order valence-electron chi connectivity index (χ0n) is 11.5. The number of primary sulfonamides is 1. The first-order chi connectivity index (χ1) is 10.2. The van der Waals surface area contributed by atoms with Gasteiger partial charge in [0.15, 0.2) is 0 Å².